The van der Waals surface area contributed by atoms with E-state index >= 15 is 0 Å². The maximum absolute atomic E-state index is 10.4. The Bertz CT molecular complexity index is 1040. The van der Waals surface area contributed by atoms with Crippen molar-refractivity contribution in [3.05, 3.63) is 53.2 Å². The highest BCUT2D eigenvalue weighted by molar-refractivity contribution is 5.62. The van der Waals surface area contributed by atoms with Crippen LogP contribution < -0.4 is 10.1 Å². The van der Waals surface area contributed by atoms with Gasteiger partial charge in [0, 0.05) is 29.6 Å². The number of nitrogens with zero attached hydrogens (tertiary/aromatic N) is 4. The van der Waals surface area contributed by atoms with Crippen LogP contribution in [0.4, 0.5) is 0 Å². The average molecular weight is 438 g/mol. The molecule has 0 spiro atoms. The first-order valence-electron chi connectivity index (χ1n) is 11.0. The molecule has 3 heterocycles. The number of aliphatic hydroxyl groups is 1. The summed E-state index contributed by atoms with van der Waals surface area (Å²) in [6.07, 6.45) is 5.88. The molecule has 2 fully saturated rings. The largest absolute Gasteiger partial charge is 0.472 e. The predicted molar refractivity (Wildman–Crippen MR) is 115 cm³/mol. The average Bonchev–Trinajstić information content (AvgIpc) is 3.52. The van der Waals surface area contributed by atoms with Gasteiger partial charge in [0.05, 0.1) is 17.8 Å². The van der Waals surface area contributed by atoms with Crippen molar-refractivity contribution in [1.82, 2.24) is 25.7 Å². The molecule has 168 valence electrons. The fraction of sp³-hybridized carbons (Fsp3) is 0.478. The molecule has 0 bridgehead atoms. The molecule has 0 saturated heterocycles. The molecular formula is C23H27N5O4. The van der Waals surface area contributed by atoms with Crippen LogP contribution in [0.15, 0.2) is 35.0 Å². The number of aliphatic hydroxyl groups excluding tert-OH is 1. The minimum Gasteiger partial charge on any atom is -0.472 e. The Hall–Kier alpha value is -2.88. The predicted octanol–water partition coefficient (Wildman–Crippen LogP) is 3.01. The Labute approximate surface area is 186 Å². The van der Waals surface area contributed by atoms with Gasteiger partial charge in [-0.05, 0) is 57.7 Å². The van der Waals surface area contributed by atoms with Gasteiger partial charge in [-0.25, -0.2) is 0 Å². The first-order valence-corrected chi connectivity index (χ1v) is 11.0. The zero-order chi connectivity index (χ0) is 22.1. The van der Waals surface area contributed by atoms with Gasteiger partial charge in [-0.3, -0.25) is 10.3 Å². The lowest BCUT2D eigenvalue weighted by molar-refractivity contribution is -0.0398. The van der Waals surface area contributed by atoms with Gasteiger partial charge in [-0.2, -0.15) is 0 Å². The maximum atomic E-state index is 10.4. The van der Waals surface area contributed by atoms with Crippen LogP contribution in [0.5, 0.6) is 5.88 Å². The molecule has 9 nitrogen and oxygen atoms in total. The molecule has 3 aromatic rings. The second kappa shape index (κ2) is 8.93. The summed E-state index contributed by atoms with van der Waals surface area (Å²) >= 11 is 0. The van der Waals surface area contributed by atoms with Crippen molar-refractivity contribution in [3.8, 4) is 17.1 Å². The number of ether oxygens (including phenoxy) is 2. The highest BCUT2D eigenvalue weighted by atomic mass is 16.5. The smallest absolute Gasteiger partial charge is 0.233 e. The third-order valence-electron chi connectivity index (χ3n) is 5.87. The number of nitrogens with one attached hydrogen (secondary N) is 1. The summed E-state index contributed by atoms with van der Waals surface area (Å²) in [5, 5.41) is 25.9. The third-order valence-corrected chi connectivity index (χ3v) is 5.87. The number of rotatable bonds is 9. The molecule has 1 atom stereocenters. The number of aryl methyl sites for hydroxylation is 2. The molecule has 0 amide bonds. The summed E-state index contributed by atoms with van der Waals surface area (Å²) < 4.78 is 17.0. The molecule has 5 rings (SSSR count). The van der Waals surface area contributed by atoms with Crippen molar-refractivity contribution < 1.29 is 19.1 Å². The minimum atomic E-state index is -0.871. The fourth-order valence-electron chi connectivity index (χ4n) is 3.69. The molecule has 0 radical (unpaired) electrons. The molecule has 32 heavy (non-hydrogen) atoms. The molecule has 9 heteroatoms. The molecule has 2 saturated carbocycles. The number of pyridine rings is 1. The number of hydrogen-bond donors (Lipinski definition) is 2. The molecule has 3 aromatic heterocycles. The fourth-order valence-corrected chi connectivity index (χ4v) is 3.69. The van der Waals surface area contributed by atoms with E-state index in [9.17, 15) is 5.11 Å². The molecule has 2 aliphatic carbocycles. The summed E-state index contributed by atoms with van der Waals surface area (Å²) in [6, 6.07) is 7.52. The molecule has 0 aromatic carbocycles. The van der Waals surface area contributed by atoms with Gasteiger partial charge in [0.15, 0.2) is 0 Å². The van der Waals surface area contributed by atoms with E-state index in [0.29, 0.717) is 35.2 Å². The van der Waals surface area contributed by atoms with Crippen LogP contribution in [-0.2, 0) is 11.3 Å². The Morgan fingerprint density at radius 2 is 1.97 bits per heavy atom. The Kier molecular flexibility index (Phi) is 5.86. The normalized spacial score (nSPS) is 21.2. The Morgan fingerprint density at radius 1 is 1.12 bits per heavy atom. The molecule has 2 N–H and O–H groups in total. The lowest BCUT2D eigenvalue weighted by atomic mass is 9.89. The van der Waals surface area contributed by atoms with Crippen LogP contribution in [0.3, 0.4) is 0 Å². The topological polar surface area (TPSA) is 115 Å². The van der Waals surface area contributed by atoms with Crippen LogP contribution >= 0.6 is 0 Å². The van der Waals surface area contributed by atoms with E-state index in [1.165, 1.54) is 12.8 Å². The second-order valence-electron chi connectivity index (χ2n) is 8.53. The maximum Gasteiger partial charge on any atom is 0.233 e. The van der Waals surface area contributed by atoms with E-state index in [1.807, 2.05) is 26.0 Å². The van der Waals surface area contributed by atoms with Crippen LogP contribution in [0.1, 0.15) is 54.6 Å². The second-order valence-corrected chi connectivity index (χ2v) is 8.53. The van der Waals surface area contributed by atoms with Crippen LogP contribution in [0.25, 0.3) is 11.3 Å². The summed E-state index contributed by atoms with van der Waals surface area (Å²) in [4.78, 5) is 4.32. The summed E-state index contributed by atoms with van der Waals surface area (Å²) in [5.74, 6) is 1.03. The van der Waals surface area contributed by atoms with E-state index in [2.05, 4.69) is 25.7 Å². The van der Waals surface area contributed by atoms with E-state index < -0.39 is 6.23 Å². The van der Waals surface area contributed by atoms with Crippen LogP contribution in [0.2, 0.25) is 0 Å². The molecule has 2 aliphatic rings. The van der Waals surface area contributed by atoms with Crippen molar-refractivity contribution in [2.75, 3.05) is 0 Å². The number of aromatic nitrogens is 4. The lowest BCUT2D eigenvalue weighted by Gasteiger charge is -2.37. The van der Waals surface area contributed by atoms with Crippen LogP contribution in [-0.4, -0.2) is 43.7 Å². The third kappa shape index (κ3) is 4.79. The van der Waals surface area contributed by atoms with Gasteiger partial charge < -0.3 is 19.1 Å². The monoisotopic (exact) mass is 437 g/mol. The first-order chi connectivity index (χ1) is 15.5. The van der Waals surface area contributed by atoms with Crippen molar-refractivity contribution in [1.29, 1.82) is 0 Å². The van der Waals surface area contributed by atoms with Crippen molar-refractivity contribution in [3.63, 3.8) is 0 Å². The Morgan fingerprint density at radius 3 is 2.66 bits per heavy atom. The van der Waals surface area contributed by atoms with Gasteiger partial charge in [0.2, 0.25) is 5.88 Å². The van der Waals surface area contributed by atoms with Crippen molar-refractivity contribution in [2.45, 2.75) is 70.6 Å². The zero-order valence-electron chi connectivity index (χ0n) is 18.2. The molecule has 0 aliphatic heterocycles. The molecule has 1 unspecified atom stereocenters. The Balaban J connectivity index is 1.15. The van der Waals surface area contributed by atoms with E-state index in [4.69, 9.17) is 14.0 Å². The highest BCUT2D eigenvalue weighted by Gasteiger charge is 2.36. The van der Waals surface area contributed by atoms with E-state index in [1.54, 1.807) is 18.3 Å². The van der Waals surface area contributed by atoms with Crippen molar-refractivity contribution in [2.24, 2.45) is 0 Å². The lowest BCUT2D eigenvalue weighted by Crippen LogP contribution is -2.47. The minimum absolute atomic E-state index is 0.234. The van der Waals surface area contributed by atoms with Gasteiger partial charge >= 0.3 is 0 Å². The van der Waals surface area contributed by atoms with E-state index in [0.717, 1.165) is 29.7 Å². The SMILES string of the molecule is Cc1ccc(-c2noc(C)c2COc2ccc(C(O)N[C@H]3C[C@@H](OC4CC4)C3)nn2)cn1. The van der Waals surface area contributed by atoms with Crippen LogP contribution in [0, 0.1) is 13.8 Å². The summed E-state index contributed by atoms with van der Waals surface area (Å²) in [6.45, 7) is 4.01. The highest BCUT2D eigenvalue weighted by Crippen LogP contribution is 2.33. The standard InChI is InChI=1S/C23H27N5O4/c1-13-3-4-15(11-24-13)22-19(14(2)32-28-22)12-30-21-8-7-20(26-27-21)23(29)25-16-9-18(10-16)31-17-5-6-17/h3-4,7-8,11,16-18,23,25,29H,5-6,9-10,12H2,1-2H3/t16-,18+,23?. The van der Waals surface area contributed by atoms with Gasteiger partial charge in [-0.1, -0.05) is 5.16 Å². The molecular weight excluding hydrogens is 410 g/mol. The van der Waals surface area contributed by atoms with Gasteiger partial charge in [0.25, 0.3) is 0 Å². The summed E-state index contributed by atoms with van der Waals surface area (Å²) in [7, 11) is 0. The van der Waals surface area contributed by atoms with Gasteiger partial charge in [-0.15, -0.1) is 10.2 Å². The van der Waals surface area contributed by atoms with Crippen molar-refractivity contribution >= 4 is 0 Å². The van der Waals surface area contributed by atoms with E-state index in [-0.39, 0.29) is 12.6 Å². The summed E-state index contributed by atoms with van der Waals surface area (Å²) in [5.41, 5.74) is 3.78. The zero-order valence-corrected chi connectivity index (χ0v) is 18.2. The van der Waals surface area contributed by atoms with Gasteiger partial charge in [0.1, 0.15) is 30.0 Å². The first kappa shape index (κ1) is 21.0. The number of hydrogen-bond acceptors (Lipinski definition) is 9. The quantitative estimate of drug-likeness (QED) is 0.487.